The van der Waals surface area contributed by atoms with E-state index in [-0.39, 0.29) is 0 Å². The minimum Gasteiger partial charge on any atom is -0.481 e. The average molecular weight is 240 g/mol. The Morgan fingerprint density at radius 3 is 2.61 bits per heavy atom. The Labute approximate surface area is 104 Å². The Morgan fingerprint density at radius 2 is 1.89 bits per heavy atom. The van der Waals surface area contributed by atoms with Crippen LogP contribution in [0.15, 0.2) is 40.8 Å². The van der Waals surface area contributed by atoms with Crippen molar-refractivity contribution < 1.29 is 9.15 Å². The standard InChI is InChI=1S/C14H12N2O2/c1-9-8-11-14(16-12(9)17-2)18-13(15-11)10-6-4-3-5-7-10/h3-8H,1-2H3. The molecule has 0 radical (unpaired) electrons. The van der Waals surface area contributed by atoms with Gasteiger partial charge in [-0.2, -0.15) is 4.98 Å². The van der Waals surface area contributed by atoms with Gasteiger partial charge in [-0.25, -0.2) is 4.98 Å². The smallest absolute Gasteiger partial charge is 0.250 e. The number of nitrogens with zero attached hydrogens (tertiary/aromatic N) is 2. The van der Waals surface area contributed by atoms with E-state index in [1.54, 1.807) is 7.11 Å². The first-order chi connectivity index (χ1) is 8.78. The summed E-state index contributed by atoms with van der Waals surface area (Å²) in [6.07, 6.45) is 0. The van der Waals surface area contributed by atoms with Crippen LogP contribution >= 0.6 is 0 Å². The summed E-state index contributed by atoms with van der Waals surface area (Å²) in [5.41, 5.74) is 3.12. The second-order valence-electron chi connectivity index (χ2n) is 4.02. The molecule has 2 aromatic heterocycles. The van der Waals surface area contributed by atoms with Crippen molar-refractivity contribution in [3.05, 3.63) is 42.0 Å². The van der Waals surface area contributed by atoms with Gasteiger partial charge < -0.3 is 9.15 Å². The summed E-state index contributed by atoms with van der Waals surface area (Å²) in [4.78, 5) is 8.72. The molecule has 0 amide bonds. The number of ether oxygens (including phenoxy) is 1. The summed E-state index contributed by atoms with van der Waals surface area (Å²) < 4.78 is 10.8. The first kappa shape index (κ1) is 10.8. The molecule has 0 atom stereocenters. The van der Waals surface area contributed by atoms with Gasteiger partial charge in [0.25, 0.3) is 5.71 Å². The van der Waals surface area contributed by atoms with E-state index in [2.05, 4.69) is 9.97 Å². The molecule has 3 aromatic rings. The maximum atomic E-state index is 5.65. The number of fused-ring (bicyclic) bond motifs is 1. The van der Waals surface area contributed by atoms with Crippen molar-refractivity contribution in [1.29, 1.82) is 0 Å². The lowest BCUT2D eigenvalue weighted by Gasteiger charge is -2.00. The SMILES string of the molecule is COc1nc2oc(-c3ccccc3)nc2cc1C. The van der Waals surface area contributed by atoms with Gasteiger partial charge in [-0.15, -0.1) is 0 Å². The summed E-state index contributed by atoms with van der Waals surface area (Å²) >= 11 is 0. The molecule has 0 bridgehead atoms. The Bertz CT molecular complexity index is 690. The summed E-state index contributed by atoms with van der Waals surface area (Å²) in [6.45, 7) is 1.93. The number of methoxy groups -OCH3 is 1. The molecule has 0 fully saturated rings. The largest absolute Gasteiger partial charge is 0.481 e. The molecule has 0 unspecified atom stereocenters. The molecule has 0 saturated carbocycles. The van der Waals surface area contributed by atoms with Crippen LogP contribution in [0.4, 0.5) is 0 Å². The highest BCUT2D eigenvalue weighted by Gasteiger charge is 2.11. The van der Waals surface area contributed by atoms with Gasteiger partial charge in [-0.3, -0.25) is 0 Å². The van der Waals surface area contributed by atoms with E-state index in [1.165, 1.54) is 0 Å². The molecule has 0 N–H and O–H groups in total. The molecule has 4 heteroatoms. The second-order valence-corrected chi connectivity index (χ2v) is 4.02. The zero-order chi connectivity index (χ0) is 12.5. The van der Waals surface area contributed by atoms with Crippen LogP contribution < -0.4 is 4.74 Å². The van der Waals surface area contributed by atoms with E-state index < -0.39 is 0 Å². The Kier molecular flexibility index (Phi) is 2.48. The number of hydrogen-bond donors (Lipinski definition) is 0. The van der Waals surface area contributed by atoms with Crippen molar-refractivity contribution in [3.8, 4) is 17.3 Å². The topological polar surface area (TPSA) is 48.2 Å². The molecular formula is C14H12N2O2. The predicted molar refractivity (Wildman–Crippen MR) is 68.5 cm³/mol. The fourth-order valence-electron chi connectivity index (χ4n) is 1.86. The maximum Gasteiger partial charge on any atom is 0.250 e. The molecule has 3 rings (SSSR count). The van der Waals surface area contributed by atoms with Crippen LogP contribution in [-0.2, 0) is 0 Å². The highest BCUT2D eigenvalue weighted by atomic mass is 16.5. The molecule has 1 aromatic carbocycles. The fourth-order valence-corrected chi connectivity index (χ4v) is 1.86. The van der Waals surface area contributed by atoms with Crippen molar-refractivity contribution in [1.82, 2.24) is 9.97 Å². The number of rotatable bonds is 2. The zero-order valence-corrected chi connectivity index (χ0v) is 10.2. The normalized spacial score (nSPS) is 10.8. The van der Waals surface area contributed by atoms with Crippen LogP contribution in [0.2, 0.25) is 0 Å². The summed E-state index contributed by atoms with van der Waals surface area (Å²) in [7, 11) is 1.59. The number of hydrogen-bond acceptors (Lipinski definition) is 4. The van der Waals surface area contributed by atoms with E-state index in [1.807, 2.05) is 43.3 Å². The van der Waals surface area contributed by atoms with Gasteiger partial charge in [0, 0.05) is 11.1 Å². The third kappa shape index (κ3) is 1.72. The lowest BCUT2D eigenvalue weighted by Crippen LogP contribution is -1.90. The quantitative estimate of drug-likeness (QED) is 0.690. The lowest BCUT2D eigenvalue weighted by atomic mass is 10.2. The lowest BCUT2D eigenvalue weighted by molar-refractivity contribution is 0.394. The van der Waals surface area contributed by atoms with Gasteiger partial charge in [0.1, 0.15) is 5.52 Å². The van der Waals surface area contributed by atoms with Crippen LogP contribution in [0.3, 0.4) is 0 Å². The molecule has 4 nitrogen and oxygen atoms in total. The van der Waals surface area contributed by atoms with Crippen LogP contribution in [-0.4, -0.2) is 17.1 Å². The first-order valence-corrected chi connectivity index (χ1v) is 5.65. The van der Waals surface area contributed by atoms with Crippen molar-refractivity contribution in [3.63, 3.8) is 0 Å². The zero-order valence-electron chi connectivity index (χ0n) is 10.2. The van der Waals surface area contributed by atoms with Gasteiger partial charge in [-0.1, -0.05) is 18.2 Å². The fraction of sp³-hybridized carbons (Fsp3) is 0.143. The predicted octanol–water partition coefficient (Wildman–Crippen LogP) is 3.21. The highest BCUT2D eigenvalue weighted by molar-refractivity contribution is 5.74. The minimum absolute atomic E-state index is 0.497. The third-order valence-corrected chi connectivity index (χ3v) is 2.74. The molecule has 0 aliphatic carbocycles. The van der Waals surface area contributed by atoms with Crippen LogP contribution in [0.25, 0.3) is 22.7 Å². The van der Waals surface area contributed by atoms with E-state index in [0.29, 0.717) is 17.5 Å². The Morgan fingerprint density at radius 1 is 1.11 bits per heavy atom. The van der Waals surface area contributed by atoms with Gasteiger partial charge in [0.05, 0.1) is 7.11 Å². The highest BCUT2D eigenvalue weighted by Crippen LogP contribution is 2.26. The van der Waals surface area contributed by atoms with E-state index in [9.17, 15) is 0 Å². The summed E-state index contributed by atoms with van der Waals surface area (Å²) in [6, 6.07) is 11.7. The van der Waals surface area contributed by atoms with E-state index in [0.717, 1.165) is 16.6 Å². The number of oxazole rings is 1. The summed E-state index contributed by atoms with van der Waals surface area (Å²) in [5, 5.41) is 0. The van der Waals surface area contributed by atoms with Gasteiger partial charge in [0.15, 0.2) is 0 Å². The first-order valence-electron chi connectivity index (χ1n) is 5.65. The molecule has 0 aliphatic heterocycles. The van der Waals surface area contributed by atoms with Crippen molar-refractivity contribution >= 4 is 11.2 Å². The van der Waals surface area contributed by atoms with E-state index >= 15 is 0 Å². The van der Waals surface area contributed by atoms with Gasteiger partial charge in [0.2, 0.25) is 11.8 Å². The monoisotopic (exact) mass is 240 g/mol. The van der Waals surface area contributed by atoms with Crippen molar-refractivity contribution in [2.24, 2.45) is 0 Å². The average Bonchev–Trinajstić information content (AvgIpc) is 2.81. The van der Waals surface area contributed by atoms with Crippen LogP contribution in [0.5, 0.6) is 5.88 Å². The minimum atomic E-state index is 0.497. The molecule has 90 valence electrons. The number of aryl methyl sites for hydroxylation is 1. The van der Waals surface area contributed by atoms with Gasteiger partial charge in [-0.05, 0) is 25.1 Å². The Balaban J connectivity index is 2.17. The summed E-state index contributed by atoms with van der Waals surface area (Å²) in [5.74, 6) is 1.14. The number of aromatic nitrogens is 2. The molecule has 0 spiro atoms. The van der Waals surface area contributed by atoms with Gasteiger partial charge >= 0.3 is 0 Å². The van der Waals surface area contributed by atoms with Crippen molar-refractivity contribution in [2.75, 3.05) is 7.11 Å². The number of benzene rings is 1. The molecule has 0 aliphatic rings. The second kappa shape index (κ2) is 4.14. The van der Waals surface area contributed by atoms with Crippen LogP contribution in [0.1, 0.15) is 5.56 Å². The molecule has 18 heavy (non-hydrogen) atoms. The van der Waals surface area contributed by atoms with E-state index in [4.69, 9.17) is 9.15 Å². The van der Waals surface area contributed by atoms with Crippen molar-refractivity contribution in [2.45, 2.75) is 6.92 Å². The number of pyridine rings is 1. The molecular weight excluding hydrogens is 228 g/mol. The van der Waals surface area contributed by atoms with Crippen LogP contribution in [0, 0.1) is 6.92 Å². The maximum absolute atomic E-state index is 5.65. The molecule has 0 saturated heterocycles. The Hall–Kier alpha value is -2.36. The third-order valence-electron chi connectivity index (χ3n) is 2.74. The molecule has 2 heterocycles.